The van der Waals surface area contributed by atoms with Gasteiger partial charge in [0.2, 0.25) is 5.82 Å². The SMILES string of the molecule is CCn1c([N+](=O)[O-])cnc1-c1nc2ccccc2n1CCN(C)C. The highest BCUT2D eigenvalue weighted by molar-refractivity contribution is 5.79. The molecule has 0 atom stereocenters. The molecule has 8 heteroatoms. The molecule has 0 saturated carbocycles. The smallest absolute Gasteiger partial charge is 0.343 e. The number of imidazole rings is 2. The van der Waals surface area contributed by atoms with Gasteiger partial charge in [0, 0.05) is 13.1 Å². The van der Waals surface area contributed by atoms with Gasteiger partial charge in [0.05, 0.1) is 17.6 Å². The van der Waals surface area contributed by atoms with Crippen molar-refractivity contribution < 1.29 is 4.92 Å². The summed E-state index contributed by atoms with van der Waals surface area (Å²) >= 11 is 0. The van der Waals surface area contributed by atoms with E-state index >= 15 is 0 Å². The lowest BCUT2D eigenvalue weighted by Gasteiger charge is -2.12. The third-order valence-corrected chi connectivity index (χ3v) is 3.96. The molecule has 0 spiro atoms. The van der Waals surface area contributed by atoms with Crippen molar-refractivity contribution in [1.29, 1.82) is 0 Å². The van der Waals surface area contributed by atoms with Crippen LogP contribution in [0.4, 0.5) is 5.82 Å². The van der Waals surface area contributed by atoms with Gasteiger partial charge in [-0.25, -0.2) is 14.5 Å². The fourth-order valence-electron chi connectivity index (χ4n) is 2.78. The van der Waals surface area contributed by atoms with Gasteiger partial charge >= 0.3 is 5.82 Å². The van der Waals surface area contributed by atoms with Crippen LogP contribution >= 0.6 is 0 Å². The fourth-order valence-corrected chi connectivity index (χ4v) is 2.78. The van der Waals surface area contributed by atoms with Crippen LogP contribution in [0.2, 0.25) is 0 Å². The van der Waals surface area contributed by atoms with Crippen molar-refractivity contribution in [3.63, 3.8) is 0 Å². The predicted octanol–water partition coefficient (Wildman–Crippen LogP) is 2.39. The van der Waals surface area contributed by atoms with Gasteiger partial charge in [-0.1, -0.05) is 12.1 Å². The topological polar surface area (TPSA) is 82.0 Å². The zero-order valence-corrected chi connectivity index (χ0v) is 14.0. The monoisotopic (exact) mass is 328 g/mol. The Morgan fingerprint density at radius 3 is 2.62 bits per heavy atom. The van der Waals surface area contributed by atoms with Crippen LogP contribution in [0.3, 0.4) is 0 Å². The van der Waals surface area contributed by atoms with Gasteiger partial charge in [0.15, 0.2) is 0 Å². The number of nitrogens with zero attached hydrogens (tertiary/aromatic N) is 6. The van der Waals surface area contributed by atoms with Gasteiger partial charge in [-0.05, 0) is 38.1 Å². The summed E-state index contributed by atoms with van der Waals surface area (Å²) in [6, 6.07) is 7.85. The van der Waals surface area contributed by atoms with Crippen molar-refractivity contribution in [3.8, 4) is 11.6 Å². The van der Waals surface area contributed by atoms with Gasteiger partial charge in [0.1, 0.15) is 6.20 Å². The molecule has 0 aliphatic rings. The Hall–Kier alpha value is -2.74. The van der Waals surface area contributed by atoms with Crippen molar-refractivity contribution in [2.45, 2.75) is 20.0 Å². The maximum absolute atomic E-state index is 11.2. The van der Waals surface area contributed by atoms with Crippen LogP contribution in [0.1, 0.15) is 6.92 Å². The molecule has 24 heavy (non-hydrogen) atoms. The molecule has 0 fully saturated rings. The van der Waals surface area contributed by atoms with Gasteiger partial charge in [-0.15, -0.1) is 0 Å². The highest BCUT2D eigenvalue weighted by Crippen LogP contribution is 2.27. The average Bonchev–Trinajstić information content (AvgIpc) is 3.13. The van der Waals surface area contributed by atoms with Crippen LogP contribution < -0.4 is 0 Å². The Bertz CT molecular complexity index is 880. The first-order valence-electron chi connectivity index (χ1n) is 7.83. The third kappa shape index (κ3) is 2.76. The summed E-state index contributed by atoms with van der Waals surface area (Å²) in [6.07, 6.45) is 1.30. The van der Waals surface area contributed by atoms with E-state index in [4.69, 9.17) is 0 Å². The van der Waals surface area contributed by atoms with Crippen LogP contribution in [-0.4, -0.2) is 49.6 Å². The van der Waals surface area contributed by atoms with Gasteiger partial charge < -0.3 is 19.6 Å². The van der Waals surface area contributed by atoms with E-state index in [-0.39, 0.29) is 5.82 Å². The van der Waals surface area contributed by atoms with Crippen molar-refractivity contribution >= 4 is 16.9 Å². The maximum atomic E-state index is 11.2. The first kappa shape index (κ1) is 16.1. The van der Waals surface area contributed by atoms with E-state index in [2.05, 4.69) is 19.4 Å². The van der Waals surface area contributed by atoms with Gasteiger partial charge in [-0.2, -0.15) is 0 Å². The van der Waals surface area contributed by atoms with Crippen LogP contribution in [0, 0.1) is 10.1 Å². The Morgan fingerprint density at radius 2 is 1.96 bits per heavy atom. The Balaban J connectivity index is 2.18. The molecule has 126 valence electrons. The number of hydrogen-bond acceptors (Lipinski definition) is 5. The highest BCUT2D eigenvalue weighted by Gasteiger charge is 2.25. The maximum Gasteiger partial charge on any atom is 0.343 e. The minimum atomic E-state index is -0.410. The summed E-state index contributed by atoms with van der Waals surface area (Å²) in [4.78, 5) is 21.9. The van der Waals surface area contributed by atoms with Crippen LogP contribution in [0.25, 0.3) is 22.7 Å². The first-order chi connectivity index (χ1) is 11.5. The summed E-state index contributed by atoms with van der Waals surface area (Å²) in [6.45, 7) is 3.89. The van der Waals surface area contributed by atoms with Crippen molar-refractivity contribution in [3.05, 3.63) is 40.6 Å². The summed E-state index contributed by atoms with van der Waals surface area (Å²) < 4.78 is 3.67. The molecule has 0 amide bonds. The lowest BCUT2D eigenvalue weighted by Crippen LogP contribution is -2.19. The first-order valence-corrected chi connectivity index (χ1v) is 7.83. The number of rotatable bonds is 6. The number of fused-ring (bicyclic) bond motifs is 1. The third-order valence-electron chi connectivity index (χ3n) is 3.96. The minimum Gasteiger partial charge on any atom is -0.358 e. The normalized spacial score (nSPS) is 11.5. The molecule has 3 aromatic rings. The molecular formula is C16H20N6O2. The predicted molar refractivity (Wildman–Crippen MR) is 91.8 cm³/mol. The molecule has 0 N–H and O–H groups in total. The number of hydrogen-bond donors (Lipinski definition) is 0. The average molecular weight is 328 g/mol. The van der Waals surface area contributed by atoms with Gasteiger partial charge in [0.25, 0.3) is 5.82 Å². The largest absolute Gasteiger partial charge is 0.358 e. The van der Waals surface area contributed by atoms with Gasteiger partial charge in [-0.3, -0.25) is 0 Å². The molecule has 0 aliphatic heterocycles. The Kier molecular flexibility index (Phi) is 4.30. The zero-order valence-electron chi connectivity index (χ0n) is 14.0. The number of likely N-dealkylation sites (N-methyl/N-ethyl adjacent to an activating group) is 1. The van der Waals surface area contributed by atoms with E-state index in [0.29, 0.717) is 18.2 Å². The summed E-state index contributed by atoms with van der Waals surface area (Å²) in [5.74, 6) is 1.17. The molecule has 0 saturated heterocycles. The lowest BCUT2D eigenvalue weighted by molar-refractivity contribution is -0.392. The zero-order chi connectivity index (χ0) is 17.3. The van der Waals surface area contributed by atoms with Crippen LogP contribution in [0.5, 0.6) is 0 Å². The minimum absolute atomic E-state index is 0.0151. The second-order valence-corrected chi connectivity index (χ2v) is 5.82. The summed E-state index contributed by atoms with van der Waals surface area (Å²) in [5, 5.41) is 11.2. The molecule has 2 aromatic heterocycles. The number of benzene rings is 1. The molecule has 3 rings (SSSR count). The van der Waals surface area contributed by atoms with E-state index in [0.717, 1.165) is 24.1 Å². The van der Waals surface area contributed by atoms with Crippen molar-refractivity contribution in [2.24, 2.45) is 0 Å². The fraction of sp³-hybridized carbons (Fsp3) is 0.375. The van der Waals surface area contributed by atoms with Crippen LogP contribution in [0.15, 0.2) is 30.5 Å². The van der Waals surface area contributed by atoms with E-state index in [1.165, 1.54) is 6.20 Å². The number of para-hydroxylation sites is 2. The summed E-state index contributed by atoms with van der Waals surface area (Å²) in [5.41, 5.74) is 1.86. The van der Waals surface area contributed by atoms with Crippen molar-refractivity contribution in [1.82, 2.24) is 24.0 Å². The van der Waals surface area contributed by atoms with E-state index in [1.807, 2.05) is 45.3 Å². The van der Waals surface area contributed by atoms with Crippen molar-refractivity contribution in [2.75, 3.05) is 20.6 Å². The molecule has 1 aromatic carbocycles. The molecular weight excluding hydrogens is 308 g/mol. The van der Waals surface area contributed by atoms with E-state index < -0.39 is 4.92 Å². The molecule has 0 unspecified atom stereocenters. The molecule has 8 nitrogen and oxygen atoms in total. The standard InChI is InChI=1S/C16H20N6O2/c1-4-20-14(22(23)24)11-17-15(20)16-18-12-7-5-6-8-13(12)21(16)10-9-19(2)3/h5-8,11H,4,9-10H2,1-3H3. The molecule has 0 bridgehead atoms. The number of aromatic nitrogens is 4. The molecule has 2 heterocycles. The quantitative estimate of drug-likeness (QED) is 0.512. The highest BCUT2D eigenvalue weighted by atomic mass is 16.6. The van der Waals surface area contributed by atoms with Crippen LogP contribution in [-0.2, 0) is 13.1 Å². The van der Waals surface area contributed by atoms with E-state index in [1.54, 1.807) is 4.57 Å². The lowest BCUT2D eigenvalue weighted by atomic mass is 10.3. The second-order valence-electron chi connectivity index (χ2n) is 5.82. The Morgan fingerprint density at radius 1 is 1.21 bits per heavy atom. The van der Waals surface area contributed by atoms with E-state index in [9.17, 15) is 10.1 Å². The Labute approximate surface area is 139 Å². The summed E-state index contributed by atoms with van der Waals surface area (Å²) in [7, 11) is 4.02. The second kappa shape index (κ2) is 6.40. The number of nitro groups is 1. The molecule has 0 aliphatic carbocycles. The molecule has 0 radical (unpaired) electrons.